The fourth-order valence-corrected chi connectivity index (χ4v) is 3.96. The Morgan fingerprint density at radius 1 is 1.00 bits per heavy atom. The second kappa shape index (κ2) is 10.8. The number of carbonyl (C=O) groups excluding carboxylic acids is 1. The van der Waals surface area contributed by atoms with Crippen molar-refractivity contribution in [1.29, 1.82) is 0 Å². The summed E-state index contributed by atoms with van der Waals surface area (Å²) in [5.74, 6) is 2.09. The number of aromatic amines is 1. The van der Waals surface area contributed by atoms with Crippen molar-refractivity contribution in [2.45, 2.75) is 13.8 Å². The number of aryl methyl sites for hydroxylation is 2. The molecular formula is C27H28N4O5. The van der Waals surface area contributed by atoms with Gasteiger partial charge >= 0.3 is 6.03 Å². The highest BCUT2D eigenvalue weighted by molar-refractivity contribution is 5.89. The fraction of sp³-hybridized carbons (Fsp3) is 0.222. The predicted octanol–water partition coefficient (Wildman–Crippen LogP) is 4.42. The first-order valence-electron chi connectivity index (χ1n) is 11.4. The number of aromatic nitrogens is 2. The van der Waals surface area contributed by atoms with Gasteiger partial charge in [0.15, 0.2) is 0 Å². The molecule has 2 amide bonds. The molecule has 0 spiro atoms. The minimum Gasteiger partial charge on any atom is -0.497 e. The number of nitrogens with one attached hydrogen (secondary N) is 3. The number of rotatable bonds is 8. The average Bonchev–Trinajstić information content (AvgIpc) is 2.87. The van der Waals surface area contributed by atoms with Crippen molar-refractivity contribution in [2.24, 2.45) is 0 Å². The number of nitrogens with zero attached hydrogens (tertiary/aromatic N) is 1. The number of methoxy groups -OCH3 is 2. The highest BCUT2D eigenvalue weighted by atomic mass is 16.5. The van der Waals surface area contributed by atoms with Gasteiger partial charge in [-0.15, -0.1) is 0 Å². The average molecular weight is 489 g/mol. The molecule has 0 aliphatic rings. The lowest BCUT2D eigenvalue weighted by Gasteiger charge is -2.15. The van der Waals surface area contributed by atoms with Crippen LogP contribution in [0.1, 0.15) is 11.1 Å². The van der Waals surface area contributed by atoms with E-state index in [2.05, 4.69) is 20.6 Å². The van der Waals surface area contributed by atoms with Gasteiger partial charge in [0, 0.05) is 23.4 Å². The molecule has 186 valence electrons. The lowest BCUT2D eigenvalue weighted by Crippen LogP contribution is -2.32. The van der Waals surface area contributed by atoms with E-state index in [1.165, 1.54) is 7.11 Å². The molecule has 1 heterocycles. The molecule has 9 nitrogen and oxygen atoms in total. The van der Waals surface area contributed by atoms with Gasteiger partial charge in [-0.25, -0.2) is 9.78 Å². The van der Waals surface area contributed by atoms with E-state index >= 15 is 0 Å². The van der Waals surface area contributed by atoms with E-state index in [4.69, 9.17) is 14.2 Å². The molecule has 0 atom stereocenters. The van der Waals surface area contributed by atoms with Crippen LogP contribution >= 0.6 is 0 Å². The molecule has 0 radical (unpaired) electrons. The maximum Gasteiger partial charge on any atom is 0.319 e. The largest absolute Gasteiger partial charge is 0.497 e. The summed E-state index contributed by atoms with van der Waals surface area (Å²) >= 11 is 0. The number of amides is 2. The van der Waals surface area contributed by atoms with E-state index in [0.29, 0.717) is 41.4 Å². The molecule has 36 heavy (non-hydrogen) atoms. The first-order chi connectivity index (χ1) is 17.4. The van der Waals surface area contributed by atoms with Crippen LogP contribution in [-0.2, 0) is 0 Å². The Balaban J connectivity index is 1.48. The molecule has 0 saturated heterocycles. The number of anilines is 1. The summed E-state index contributed by atoms with van der Waals surface area (Å²) in [5.41, 5.74) is 3.40. The van der Waals surface area contributed by atoms with Crippen molar-refractivity contribution in [3.8, 4) is 28.6 Å². The quantitative estimate of drug-likeness (QED) is 0.316. The highest BCUT2D eigenvalue weighted by Gasteiger charge is 2.15. The van der Waals surface area contributed by atoms with Crippen LogP contribution in [0, 0.1) is 13.8 Å². The van der Waals surface area contributed by atoms with Gasteiger partial charge in [-0.3, -0.25) is 4.79 Å². The van der Waals surface area contributed by atoms with Crippen molar-refractivity contribution in [1.82, 2.24) is 15.3 Å². The number of hydrogen-bond donors (Lipinski definition) is 3. The molecule has 3 N–H and O–H groups in total. The summed E-state index contributed by atoms with van der Waals surface area (Å²) in [4.78, 5) is 32.4. The normalized spacial score (nSPS) is 10.7. The zero-order valence-corrected chi connectivity index (χ0v) is 20.6. The van der Waals surface area contributed by atoms with Crippen molar-refractivity contribution in [2.75, 3.05) is 32.7 Å². The minimum atomic E-state index is -0.301. The smallest absolute Gasteiger partial charge is 0.319 e. The van der Waals surface area contributed by atoms with E-state index in [-0.39, 0.29) is 11.6 Å². The number of fused-ring (bicyclic) bond motifs is 1. The third-order valence-corrected chi connectivity index (χ3v) is 5.60. The molecule has 0 bridgehead atoms. The molecule has 0 saturated carbocycles. The second-order valence-electron chi connectivity index (χ2n) is 8.17. The Labute approximate surface area is 208 Å². The zero-order chi connectivity index (χ0) is 25.7. The van der Waals surface area contributed by atoms with Crippen LogP contribution in [0.2, 0.25) is 0 Å². The Morgan fingerprint density at radius 2 is 1.72 bits per heavy atom. The highest BCUT2D eigenvalue weighted by Crippen LogP contribution is 2.31. The van der Waals surface area contributed by atoms with Gasteiger partial charge in [0.1, 0.15) is 35.1 Å². The van der Waals surface area contributed by atoms with Crippen LogP contribution in [0.4, 0.5) is 10.5 Å². The fourth-order valence-electron chi connectivity index (χ4n) is 3.96. The number of hydrogen-bond acceptors (Lipinski definition) is 6. The van der Waals surface area contributed by atoms with Gasteiger partial charge in [0.25, 0.3) is 5.56 Å². The third kappa shape index (κ3) is 5.41. The van der Waals surface area contributed by atoms with E-state index in [1.807, 2.05) is 56.3 Å². The lowest BCUT2D eigenvalue weighted by molar-refractivity contribution is 0.247. The van der Waals surface area contributed by atoms with Crippen LogP contribution < -0.4 is 30.4 Å². The summed E-state index contributed by atoms with van der Waals surface area (Å²) in [7, 11) is 3.05. The number of para-hydroxylation sites is 1. The molecule has 0 unspecified atom stereocenters. The van der Waals surface area contributed by atoms with Crippen molar-refractivity contribution >= 4 is 22.6 Å². The van der Waals surface area contributed by atoms with Gasteiger partial charge in [0.2, 0.25) is 0 Å². The van der Waals surface area contributed by atoms with Crippen molar-refractivity contribution < 1.29 is 19.0 Å². The molecular weight excluding hydrogens is 460 g/mol. The van der Waals surface area contributed by atoms with Gasteiger partial charge in [0.05, 0.1) is 26.3 Å². The Morgan fingerprint density at radius 3 is 2.39 bits per heavy atom. The monoisotopic (exact) mass is 488 g/mol. The third-order valence-electron chi connectivity index (χ3n) is 5.60. The van der Waals surface area contributed by atoms with Crippen LogP contribution in [0.5, 0.6) is 17.2 Å². The first kappa shape index (κ1) is 24.6. The molecule has 4 aromatic rings. The van der Waals surface area contributed by atoms with Crippen molar-refractivity contribution in [3.63, 3.8) is 0 Å². The summed E-state index contributed by atoms with van der Waals surface area (Å²) in [5, 5.41) is 5.90. The molecule has 0 aliphatic carbocycles. The van der Waals surface area contributed by atoms with E-state index in [0.717, 1.165) is 28.1 Å². The molecule has 3 aromatic carbocycles. The van der Waals surface area contributed by atoms with E-state index in [9.17, 15) is 9.59 Å². The van der Waals surface area contributed by atoms with Gasteiger partial charge < -0.3 is 29.8 Å². The maximum absolute atomic E-state index is 12.9. The summed E-state index contributed by atoms with van der Waals surface area (Å²) in [6, 6.07) is 16.1. The predicted molar refractivity (Wildman–Crippen MR) is 139 cm³/mol. The standard InChI is InChI=1S/C27H28N4O5/c1-16-12-18(25-30-21-14-20(34-3)15-22(35-4)23(21)26(32)31-25)13-17(2)24(16)36-11-10-28-27(33)29-19-8-6-5-7-9-19/h5-9,12-15H,10-11H2,1-4H3,(H2,28,29,33)(H,30,31,32). The van der Waals surface area contributed by atoms with Crippen LogP contribution in [0.25, 0.3) is 22.3 Å². The van der Waals surface area contributed by atoms with Crippen LogP contribution in [0.15, 0.2) is 59.4 Å². The maximum atomic E-state index is 12.9. The Kier molecular flexibility index (Phi) is 7.39. The van der Waals surface area contributed by atoms with Gasteiger partial charge in [-0.05, 0) is 49.2 Å². The minimum absolute atomic E-state index is 0.298. The Bertz CT molecular complexity index is 1430. The first-order valence-corrected chi connectivity index (χ1v) is 11.4. The molecule has 9 heteroatoms. The zero-order valence-electron chi connectivity index (χ0n) is 20.6. The topological polar surface area (TPSA) is 115 Å². The number of ether oxygens (including phenoxy) is 3. The molecule has 1 aromatic heterocycles. The SMILES string of the molecule is COc1cc(OC)c2c(=O)[nH]c(-c3cc(C)c(OCCNC(=O)Nc4ccccc4)c(C)c3)nc2c1. The molecule has 0 aliphatic heterocycles. The summed E-state index contributed by atoms with van der Waals surface area (Å²) < 4.78 is 16.6. The lowest BCUT2D eigenvalue weighted by atomic mass is 10.0. The number of benzene rings is 3. The van der Waals surface area contributed by atoms with E-state index in [1.54, 1.807) is 19.2 Å². The second-order valence-corrected chi connectivity index (χ2v) is 8.17. The molecule has 0 fully saturated rings. The number of H-pyrrole nitrogens is 1. The van der Waals surface area contributed by atoms with E-state index < -0.39 is 0 Å². The molecule has 4 rings (SSSR count). The van der Waals surface area contributed by atoms with Crippen LogP contribution in [-0.4, -0.2) is 43.4 Å². The van der Waals surface area contributed by atoms with Crippen molar-refractivity contribution in [3.05, 3.63) is 76.1 Å². The summed E-state index contributed by atoms with van der Waals surface area (Å²) in [6.07, 6.45) is 0. The summed E-state index contributed by atoms with van der Waals surface area (Å²) in [6.45, 7) is 4.48. The number of urea groups is 1. The van der Waals surface area contributed by atoms with Gasteiger partial charge in [-0.2, -0.15) is 0 Å². The van der Waals surface area contributed by atoms with Gasteiger partial charge in [-0.1, -0.05) is 18.2 Å². The number of carbonyl (C=O) groups is 1. The Hall–Kier alpha value is -4.53. The van der Waals surface area contributed by atoms with Crippen LogP contribution in [0.3, 0.4) is 0 Å².